The number of carbonyl (C=O) groups excluding carboxylic acids is 1. The van der Waals surface area contributed by atoms with Gasteiger partial charge in [-0.25, -0.2) is 0 Å². The van der Waals surface area contributed by atoms with Crippen molar-refractivity contribution in [3.05, 3.63) is 65.2 Å². The lowest BCUT2D eigenvalue weighted by atomic mass is 9.91. The Morgan fingerprint density at radius 3 is 2.41 bits per heavy atom. The Labute approximate surface area is 130 Å². The summed E-state index contributed by atoms with van der Waals surface area (Å²) in [4.78, 5) is 11.8. The Morgan fingerprint density at radius 1 is 1.14 bits per heavy atom. The Balaban J connectivity index is 2.30. The Hall–Kier alpha value is -2.33. The molecular weight excluding hydrogens is 278 g/mol. The van der Waals surface area contributed by atoms with E-state index in [2.05, 4.69) is 0 Å². The second-order valence-electron chi connectivity index (χ2n) is 5.31. The molecule has 116 valence electrons. The standard InChI is InChI=1S/C18H21NO3/c1-13-8-4-7-11-16(13)22-12-14-9-5-6-10-15(14)18(2,21-3)17(19)20/h4-11H,12H2,1-3H3,(H2,19,20). The maximum Gasteiger partial charge on any atom is 0.254 e. The summed E-state index contributed by atoms with van der Waals surface area (Å²) in [6, 6.07) is 15.3. The molecule has 1 amide bonds. The Bertz CT molecular complexity index is 669. The normalized spacial score (nSPS) is 13.4. The van der Waals surface area contributed by atoms with E-state index in [0.29, 0.717) is 6.61 Å². The van der Waals surface area contributed by atoms with Crippen LogP contribution in [0.3, 0.4) is 0 Å². The average molecular weight is 299 g/mol. The molecular formula is C18H21NO3. The minimum Gasteiger partial charge on any atom is -0.489 e. The van der Waals surface area contributed by atoms with Crippen LogP contribution in [0.4, 0.5) is 0 Å². The highest BCUT2D eigenvalue weighted by Crippen LogP contribution is 2.28. The van der Waals surface area contributed by atoms with E-state index in [0.717, 1.165) is 22.4 Å². The molecule has 0 saturated heterocycles. The van der Waals surface area contributed by atoms with Crippen LogP contribution >= 0.6 is 0 Å². The molecule has 22 heavy (non-hydrogen) atoms. The average Bonchev–Trinajstić information content (AvgIpc) is 2.53. The van der Waals surface area contributed by atoms with Gasteiger partial charge in [-0.05, 0) is 36.6 Å². The number of aryl methyl sites for hydroxylation is 1. The van der Waals surface area contributed by atoms with E-state index in [1.54, 1.807) is 6.92 Å². The second-order valence-corrected chi connectivity index (χ2v) is 5.31. The number of methoxy groups -OCH3 is 1. The SMILES string of the molecule is COC(C)(C(N)=O)c1ccccc1COc1ccccc1C. The van der Waals surface area contributed by atoms with Crippen molar-refractivity contribution in [2.75, 3.05) is 7.11 Å². The molecule has 0 saturated carbocycles. The predicted molar refractivity (Wildman–Crippen MR) is 85.5 cm³/mol. The van der Waals surface area contributed by atoms with E-state index in [4.69, 9.17) is 15.2 Å². The van der Waals surface area contributed by atoms with Gasteiger partial charge >= 0.3 is 0 Å². The molecule has 0 heterocycles. The van der Waals surface area contributed by atoms with E-state index in [-0.39, 0.29) is 0 Å². The lowest BCUT2D eigenvalue weighted by Gasteiger charge is -2.27. The number of primary amides is 1. The number of ether oxygens (including phenoxy) is 2. The van der Waals surface area contributed by atoms with Crippen molar-refractivity contribution in [2.24, 2.45) is 5.73 Å². The van der Waals surface area contributed by atoms with Gasteiger partial charge in [0.25, 0.3) is 5.91 Å². The lowest BCUT2D eigenvalue weighted by Crippen LogP contribution is -2.41. The van der Waals surface area contributed by atoms with Crippen LogP contribution in [-0.4, -0.2) is 13.0 Å². The molecule has 1 unspecified atom stereocenters. The molecule has 0 aromatic heterocycles. The minimum absolute atomic E-state index is 0.341. The Kier molecular flexibility index (Phi) is 4.83. The molecule has 0 aliphatic carbocycles. The first-order chi connectivity index (χ1) is 10.5. The van der Waals surface area contributed by atoms with E-state index in [1.807, 2.05) is 55.5 Å². The monoisotopic (exact) mass is 299 g/mol. The maximum atomic E-state index is 11.8. The quantitative estimate of drug-likeness (QED) is 0.892. The van der Waals surface area contributed by atoms with Crippen molar-refractivity contribution in [2.45, 2.75) is 26.1 Å². The topological polar surface area (TPSA) is 61.5 Å². The molecule has 0 fully saturated rings. The van der Waals surface area contributed by atoms with Gasteiger partial charge < -0.3 is 15.2 Å². The van der Waals surface area contributed by atoms with Gasteiger partial charge in [-0.2, -0.15) is 0 Å². The van der Waals surface area contributed by atoms with Gasteiger partial charge in [0.05, 0.1) is 0 Å². The van der Waals surface area contributed by atoms with E-state index in [9.17, 15) is 4.79 Å². The third-order valence-corrected chi connectivity index (χ3v) is 3.89. The number of carbonyl (C=O) groups is 1. The number of hydrogen-bond acceptors (Lipinski definition) is 3. The summed E-state index contributed by atoms with van der Waals surface area (Å²) in [5, 5.41) is 0. The summed E-state index contributed by atoms with van der Waals surface area (Å²) in [7, 11) is 1.48. The summed E-state index contributed by atoms with van der Waals surface area (Å²) in [5.41, 5.74) is 6.98. The summed E-state index contributed by atoms with van der Waals surface area (Å²) < 4.78 is 11.2. The first-order valence-corrected chi connectivity index (χ1v) is 7.11. The summed E-state index contributed by atoms with van der Waals surface area (Å²) in [5.74, 6) is 0.286. The molecule has 0 aliphatic rings. The molecule has 2 aromatic rings. The third-order valence-electron chi connectivity index (χ3n) is 3.89. The third kappa shape index (κ3) is 3.12. The number of para-hydroxylation sites is 1. The molecule has 2 N–H and O–H groups in total. The number of nitrogens with two attached hydrogens (primary N) is 1. The van der Waals surface area contributed by atoms with Crippen LogP contribution < -0.4 is 10.5 Å². The number of amides is 1. The van der Waals surface area contributed by atoms with Crippen LogP contribution in [0.5, 0.6) is 5.75 Å². The molecule has 2 aromatic carbocycles. The summed E-state index contributed by atoms with van der Waals surface area (Å²) in [6.07, 6.45) is 0. The molecule has 4 heteroatoms. The van der Waals surface area contributed by atoms with Gasteiger partial charge in [-0.3, -0.25) is 4.79 Å². The lowest BCUT2D eigenvalue weighted by molar-refractivity contribution is -0.139. The van der Waals surface area contributed by atoms with Crippen LogP contribution in [0.1, 0.15) is 23.6 Å². The molecule has 0 radical (unpaired) electrons. The van der Waals surface area contributed by atoms with Crippen LogP contribution in [0.25, 0.3) is 0 Å². The van der Waals surface area contributed by atoms with Crippen molar-refractivity contribution in [3.8, 4) is 5.75 Å². The zero-order chi connectivity index (χ0) is 16.2. The molecule has 0 spiro atoms. The zero-order valence-corrected chi connectivity index (χ0v) is 13.1. The fourth-order valence-corrected chi connectivity index (χ4v) is 2.33. The predicted octanol–water partition coefficient (Wildman–Crippen LogP) is 2.92. The van der Waals surface area contributed by atoms with Gasteiger partial charge in [0.15, 0.2) is 5.60 Å². The highest BCUT2D eigenvalue weighted by molar-refractivity contribution is 5.85. The number of rotatable bonds is 6. The van der Waals surface area contributed by atoms with Crippen molar-refractivity contribution >= 4 is 5.91 Å². The smallest absolute Gasteiger partial charge is 0.254 e. The van der Waals surface area contributed by atoms with E-state index >= 15 is 0 Å². The van der Waals surface area contributed by atoms with Crippen LogP contribution in [0.2, 0.25) is 0 Å². The van der Waals surface area contributed by atoms with Gasteiger partial charge in [0, 0.05) is 7.11 Å². The maximum absolute atomic E-state index is 11.8. The highest BCUT2D eigenvalue weighted by atomic mass is 16.5. The molecule has 2 rings (SSSR count). The van der Waals surface area contributed by atoms with Crippen molar-refractivity contribution in [3.63, 3.8) is 0 Å². The summed E-state index contributed by atoms with van der Waals surface area (Å²) >= 11 is 0. The van der Waals surface area contributed by atoms with Gasteiger partial charge in [-0.1, -0.05) is 42.5 Å². The first-order valence-electron chi connectivity index (χ1n) is 7.11. The molecule has 0 aliphatic heterocycles. The van der Waals surface area contributed by atoms with Crippen molar-refractivity contribution in [1.29, 1.82) is 0 Å². The van der Waals surface area contributed by atoms with Gasteiger partial charge in [-0.15, -0.1) is 0 Å². The molecule has 1 atom stereocenters. The molecule has 0 bridgehead atoms. The summed E-state index contributed by atoms with van der Waals surface area (Å²) in [6.45, 7) is 4.00. The largest absolute Gasteiger partial charge is 0.489 e. The van der Waals surface area contributed by atoms with Gasteiger partial charge in [0.1, 0.15) is 12.4 Å². The highest BCUT2D eigenvalue weighted by Gasteiger charge is 2.35. The van der Waals surface area contributed by atoms with Crippen LogP contribution in [0.15, 0.2) is 48.5 Å². The first kappa shape index (κ1) is 16.0. The fraction of sp³-hybridized carbons (Fsp3) is 0.278. The number of hydrogen-bond donors (Lipinski definition) is 1. The van der Waals surface area contributed by atoms with E-state index in [1.165, 1.54) is 7.11 Å². The second kappa shape index (κ2) is 6.62. The Morgan fingerprint density at radius 2 is 1.77 bits per heavy atom. The fourth-order valence-electron chi connectivity index (χ4n) is 2.33. The zero-order valence-electron chi connectivity index (χ0n) is 13.1. The van der Waals surface area contributed by atoms with Gasteiger partial charge in [0.2, 0.25) is 0 Å². The van der Waals surface area contributed by atoms with Crippen LogP contribution in [-0.2, 0) is 21.7 Å². The number of benzene rings is 2. The van der Waals surface area contributed by atoms with Crippen LogP contribution in [0, 0.1) is 6.92 Å². The molecule has 4 nitrogen and oxygen atoms in total. The minimum atomic E-state index is -1.17. The van der Waals surface area contributed by atoms with E-state index < -0.39 is 11.5 Å². The van der Waals surface area contributed by atoms with Crippen molar-refractivity contribution in [1.82, 2.24) is 0 Å². The van der Waals surface area contributed by atoms with Crippen molar-refractivity contribution < 1.29 is 14.3 Å².